The predicted octanol–water partition coefficient (Wildman–Crippen LogP) is 5.44. The predicted molar refractivity (Wildman–Crippen MR) is 165 cm³/mol. The first-order valence-electron chi connectivity index (χ1n) is 14.5. The monoisotopic (exact) mass is 591 g/mol. The molecule has 0 spiro atoms. The maximum absolute atomic E-state index is 14.6. The lowest BCUT2D eigenvalue weighted by Crippen LogP contribution is -2.28. The van der Waals surface area contributed by atoms with Gasteiger partial charge >= 0.3 is 0 Å². The lowest BCUT2D eigenvalue weighted by molar-refractivity contribution is -0.122. The molecule has 11 nitrogen and oxygen atoms in total. The van der Waals surface area contributed by atoms with Crippen molar-refractivity contribution in [1.82, 2.24) is 40.0 Å². The van der Waals surface area contributed by atoms with Crippen molar-refractivity contribution in [2.24, 2.45) is 5.92 Å². The number of aromatic amines is 2. The van der Waals surface area contributed by atoms with E-state index in [0.29, 0.717) is 69.5 Å². The van der Waals surface area contributed by atoms with Gasteiger partial charge in [-0.2, -0.15) is 5.10 Å². The van der Waals surface area contributed by atoms with Gasteiger partial charge in [-0.1, -0.05) is 6.42 Å². The van der Waals surface area contributed by atoms with Gasteiger partial charge in [0.25, 0.3) is 0 Å². The van der Waals surface area contributed by atoms with Gasteiger partial charge in [-0.25, -0.2) is 14.4 Å². The molecule has 222 valence electrons. The average Bonchev–Trinajstić information content (AvgIpc) is 3.59. The minimum atomic E-state index is -0.411. The summed E-state index contributed by atoms with van der Waals surface area (Å²) in [6.45, 7) is 1.14. The van der Waals surface area contributed by atoms with E-state index in [2.05, 4.69) is 30.5 Å². The molecule has 0 radical (unpaired) electrons. The van der Waals surface area contributed by atoms with Crippen LogP contribution in [-0.4, -0.2) is 73.2 Å². The fourth-order valence-electron chi connectivity index (χ4n) is 5.19. The Labute approximate surface area is 251 Å². The molecule has 1 aliphatic rings. The van der Waals surface area contributed by atoms with Gasteiger partial charge in [0.1, 0.15) is 23.7 Å². The molecule has 44 heavy (non-hydrogen) atoms. The number of hydrogen-bond donors (Lipinski definition) is 3. The van der Waals surface area contributed by atoms with E-state index in [1.54, 1.807) is 30.9 Å². The van der Waals surface area contributed by atoms with Crippen LogP contribution in [0.3, 0.4) is 0 Å². The number of amides is 1. The van der Waals surface area contributed by atoms with E-state index in [4.69, 9.17) is 14.7 Å². The number of ether oxygens (including phenoxy) is 1. The van der Waals surface area contributed by atoms with E-state index in [-0.39, 0.29) is 11.8 Å². The number of halogens is 1. The highest BCUT2D eigenvalue weighted by atomic mass is 19.1. The van der Waals surface area contributed by atoms with Gasteiger partial charge in [-0.15, -0.1) is 0 Å². The molecule has 0 saturated heterocycles. The van der Waals surface area contributed by atoms with Crippen LogP contribution in [0.1, 0.15) is 19.3 Å². The van der Waals surface area contributed by atoms with Crippen molar-refractivity contribution < 1.29 is 13.9 Å². The van der Waals surface area contributed by atoms with Crippen molar-refractivity contribution in [3.05, 3.63) is 67.0 Å². The molecule has 7 rings (SSSR count). The average molecular weight is 592 g/mol. The number of aromatic nitrogens is 7. The Kier molecular flexibility index (Phi) is 7.18. The van der Waals surface area contributed by atoms with Crippen molar-refractivity contribution in [2.75, 3.05) is 32.6 Å². The number of nitrogens with zero attached hydrogens (tertiary/aromatic N) is 6. The number of fused-ring (bicyclic) bond motifs is 2. The van der Waals surface area contributed by atoms with Gasteiger partial charge in [0.15, 0.2) is 11.5 Å². The summed E-state index contributed by atoms with van der Waals surface area (Å²) in [5.74, 6) is 0.618. The third kappa shape index (κ3) is 5.47. The van der Waals surface area contributed by atoms with Crippen molar-refractivity contribution >= 4 is 33.7 Å². The molecular weight excluding hydrogens is 561 g/mol. The highest BCUT2D eigenvalue weighted by Crippen LogP contribution is 2.33. The van der Waals surface area contributed by atoms with Crippen LogP contribution in [0.5, 0.6) is 5.75 Å². The molecule has 3 N–H and O–H groups in total. The molecule has 0 bridgehead atoms. The Morgan fingerprint density at radius 3 is 2.68 bits per heavy atom. The first-order valence-corrected chi connectivity index (χ1v) is 14.5. The zero-order chi connectivity index (χ0) is 30.2. The molecule has 1 aromatic carbocycles. The molecule has 6 aromatic rings. The molecule has 1 amide bonds. The number of anilines is 1. The summed E-state index contributed by atoms with van der Waals surface area (Å²) >= 11 is 0. The van der Waals surface area contributed by atoms with E-state index >= 15 is 0 Å². The molecule has 1 aliphatic carbocycles. The van der Waals surface area contributed by atoms with Crippen LogP contribution in [0.4, 0.5) is 10.1 Å². The van der Waals surface area contributed by atoms with Crippen LogP contribution in [0, 0.1) is 11.7 Å². The normalized spacial score (nSPS) is 13.5. The maximum atomic E-state index is 14.6. The highest BCUT2D eigenvalue weighted by molar-refractivity contribution is 5.96. The number of likely N-dealkylation sites (N-methyl/N-ethyl adjacent to an activating group) is 1. The molecule has 0 aliphatic heterocycles. The van der Waals surface area contributed by atoms with E-state index in [0.717, 1.165) is 30.3 Å². The number of H-pyrrole nitrogens is 2. The number of imidazole rings is 1. The summed E-state index contributed by atoms with van der Waals surface area (Å²) in [6, 6.07) is 10.2. The zero-order valence-corrected chi connectivity index (χ0v) is 24.3. The van der Waals surface area contributed by atoms with Gasteiger partial charge in [-0.05, 0) is 62.8 Å². The summed E-state index contributed by atoms with van der Waals surface area (Å²) in [5, 5.41) is 10.5. The molecule has 5 aromatic heterocycles. The molecule has 1 fully saturated rings. The van der Waals surface area contributed by atoms with E-state index in [9.17, 15) is 9.18 Å². The molecule has 12 heteroatoms. The second kappa shape index (κ2) is 11.5. The van der Waals surface area contributed by atoms with Crippen LogP contribution >= 0.6 is 0 Å². The van der Waals surface area contributed by atoms with Gasteiger partial charge in [-0.3, -0.25) is 19.9 Å². The Hall–Kier alpha value is -5.23. The van der Waals surface area contributed by atoms with Crippen LogP contribution < -0.4 is 10.1 Å². The third-order valence-corrected chi connectivity index (χ3v) is 7.79. The van der Waals surface area contributed by atoms with E-state index in [1.165, 1.54) is 12.1 Å². The summed E-state index contributed by atoms with van der Waals surface area (Å²) in [4.78, 5) is 36.2. The Morgan fingerprint density at radius 1 is 1.00 bits per heavy atom. The van der Waals surface area contributed by atoms with Crippen molar-refractivity contribution in [3.63, 3.8) is 0 Å². The third-order valence-electron chi connectivity index (χ3n) is 7.79. The number of pyridine rings is 3. The van der Waals surface area contributed by atoms with Crippen LogP contribution in [0.2, 0.25) is 0 Å². The van der Waals surface area contributed by atoms with Gasteiger partial charge < -0.3 is 19.9 Å². The Bertz CT molecular complexity index is 2000. The number of hydrogen-bond acceptors (Lipinski definition) is 8. The quantitative estimate of drug-likeness (QED) is 0.202. The standard InChI is InChI=1S/C32H30FN9O2/c1-42(2)8-9-44-23-12-19(10-21(33)13-23)24-16-35-17-27-28(24)39-31(38-27)30-29-26(40-41-30)7-6-25(37-29)20-11-22(15-34-14-20)36-32(43)18-4-3-5-18/h6-7,10-18H,3-5,8-9H2,1-2H3,(H,36,43)(H,38,39)(H,40,41). The minimum Gasteiger partial charge on any atom is -0.492 e. The summed E-state index contributed by atoms with van der Waals surface area (Å²) in [6.07, 6.45) is 9.63. The van der Waals surface area contributed by atoms with Gasteiger partial charge in [0, 0.05) is 42.0 Å². The highest BCUT2D eigenvalue weighted by Gasteiger charge is 2.25. The smallest absolute Gasteiger partial charge is 0.227 e. The molecule has 5 heterocycles. The minimum absolute atomic E-state index is 0.0285. The summed E-state index contributed by atoms with van der Waals surface area (Å²) in [5.41, 5.74) is 6.48. The number of nitrogens with one attached hydrogen (secondary N) is 3. The van der Waals surface area contributed by atoms with Gasteiger partial charge in [0.05, 0.1) is 40.3 Å². The zero-order valence-electron chi connectivity index (χ0n) is 24.3. The Morgan fingerprint density at radius 2 is 1.86 bits per heavy atom. The first kappa shape index (κ1) is 27.6. The second-order valence-electron chi connectivity index (χ2n) is 11.2. The lowest BCUT2D eigenvalue weighted by Gasteiger charge is -2.24. The van der Waals surface area contributed by atoms with E-state index in [1.807, 2.05) is 37.2 Å². The Balaban J connectivity index is 1.21. The maximum Gasteiger partial charge on any atom is 0.227 e. The number of benzene rings is 1. The summed E-state index contributed by atoms with van der Waals surface area (Å²) < 4.78 is 20.4. The largest absolute Gasteiger partial charge is 0.492 e. The van der Waals surface area contributed by atoms with Crippen molar-refractivity contribution in [1.29, 1.82) is 0 Å². The molecule has 1 saturated carbocycles. The van der Waals surface area contributed by atoms with Crippen LogP contribution in [0.15, 0.2) is 61.2 Å². The SMILES string of the molecule is CN(C)CCOc1cc(F)cc(-c2cncc3[nH]c(-c4n[nH]c5ccc(-c6cncc(NC(=O)C7CCC7)c6)nc45)nc23)c1. The fourth-order valence-corrected chi connectivity index (χ4v) is 5.19. The molecule has 0 atom stereocenters. The first-order chi connectivity index (χ1) is 21.4. The fraction of sp³-hybridized carbons (Fsp3) is 0.250. The summed E-state index contributed by atoms with van der Waals surface area (Å²) in [7, 11) is 3.90. The lowest BCUT2D eigenvalue weighted by atomic mass is 9.85. The van der Waals surface area contributed by atoms with Crippen LogP contribution in [-0.2, 0) is 4.79 Å². The van der Waals surface area contributed by atoms with Crippen molar-refractivity contribution in [2.45, 2.75) is 19.3 Å². The van der Waals surface area contributed by atoms with Crippen LogP contribution in [0.25, 0.3) is 56.0 Å². The topological polar surface area (TPSA) is 138 Å². The number of carbonyl (C=O) groups is 1. The molecule has 0 unspecified atom stereocenters. The van der Waals surface area contributed by atoms with E-state index < -0.39 is 5.82 Å². The van der Waals surface area contributed by atoms with Gasteiger partial charge in [0.2, 0.25) is 5.91 Å². The number of carbonyl (C=O) groups excluding carboxylic acids is 1. The van der Waals surface area contributed by atoms with Crippen molar-refractivity contribution in [3.8, 4) is 39.7 Å². The second-order valence-corrected chi connectivity index (χ2v) is 11.2. The molecular formula is C32H30FN9O2. The number of rotatable bonds is 9.